The molecule has 18 heavy (non-hydrogen) atoms. The molecule has 4 nitrogen and oxygen atoms in total. The Labute approximate surface area is 124 Å². The largest absolute Gasteiger partial charge is 0.381 e. The number of hydrogen-bond acceptors (Lipinski definition) is 4. The number of benzene rings is 1. The Hall–Kier alpha value is -0.920. The molecule has 2 rings (SSSR count). The van der Waals surface area contributed by atoms with Crippen LogP contribution in [0.25, 0.3) is 0 Å². The fourth-order valence-corrected chi connectivity index (χ4v) is 3.36. The number of rotatable bonds is 4. The van der Waals surface area contributed by atoms with E-state index in [2.05, 4.69) is 42.6 Å². The van der Waals surface area contributed by atoms with Crippen LogP contribution in [0.3, 0.4) is 0 Å². The minimum Gasteiger partial charge on any atom is -0.381 e. The van der Waals surface area contributed by atoms with E-state index in [9.17, 15) is 10.1 Å². The zero-order valence-electron chi connectivity index (χ0n) is 9.02. The van der Waals surface area contributed by atoms with Crippen LogP contribution in [0.1, 0.15) is 5.56 Å². The van der Waals surface area contributed by atoms with E-state index in [0.717, 1.165) is 15.7 Å². The smallest absolute Gasteiger partial charge is 0.283 e. The van der Waals surface area contributed by atoms with Crippen molar-refractivity contribution in [2.24, 2.45) is 0 Å². The summed E-state index contributed by atoms with van der Waals surface area (Å²) >= 11 is 8.27. The lowest BCUT2D eigenvalue weighted by Gasteiger charge is -2.06. The molecule has 94 valence electrons. The van der Waals surface area contributed by atoms with Crippen molar-refractivity contribution in [2.45, 2.75) is 6.54 Å². The van der Waals surface area contributed by atoms with Gasteiger partial charge in [-0.3, -0.25) is 10.1 Å². The lowest BCUT2D eigenvalue weighted by Crippen LogP contribution is -1.99. The van der Waals surface area contributed by atoms with Crippen LogP contribution in [-0.2, 0) is 6.54 Å². The molecule has 1 aromatic heterocycles. The summed E-state index contributed by atoms with van der Waals surface area (Å²) in [5.41, 5.74) is 2.07. The van der Waals surface area contributed by atoms with Gasteiger partial charge in [0.25, 0.3) is 5.69 Å². The molecule has 2 aromatic rings. The van der Waals surface area contributed by atoms with E-state index in [-0.39, 0.29) is 5.69 Å². The third-order valence-electron chi connectivity index (χ3n) is 2.32. The highest BCUT2D eigenvalue weighted by molar-refractivity contribution is 9.11. The van der Waals surface area contributed by atoms with E-state index in [0.29, 0.717) is 11.0 Å². The van der Waals surface area contributed by atoms with Crippen LogP contribution in [0.5, 0.6) is 0 Å². The van der Waals surface area contributed by atoms with Gasteiger partial charge in [0, 0.05) is 28.2 Å². The maximum atomic E-state index is 10.7. The van der Waals surface area contributed by atoms with Crippen LogP contribution in [0, 0.1) is 10.1 Å². The average molecular weight is 392 g/mol. The lowest BCUT2D eigenvalue weighted by atomic mass is 10.2. The molecule has 0 spiro atoms. The normalized spacial score (nSPS) is 10.3. The summed E-state index contributed by atoms with van der Waals surface area (Å²) in [6.45, 7) is 0.675. The van der Waals surface area contributed by atoms with E-state index in [1.165, 1.54) is 6.07 Å². The Kier molecular flexibility index (Phi) is 4.36. The van der Waals surface area contributed by atoms with Crippen molar-refractivity contribution >= 4 is 54.6 Å². The Morgan fingerprint density at radius 2 is 2.06 bits per heavy atom. The van der Waals surface area contributed by atoms with Gasteiger partial charge in [-0.15, -0.1) is 0 Å². The molecule has 0 aliphatic heterocycles. The van der Waals surface area contributed by atoms with Gasteiger partial charge >= 0.3 is 0 Å². The SMILES string of the molecule is O=[N+]([O-])c1ccc(NCc2cscc2Br)cc1Br. The van der Waals surface area contributed by atoms with Gasteiger partial charge in [-0.2, -0.15) is 11.3 Å². The molecule has 0 fully saturated rings. The standard InChI is InChI=1S/C11H8Br2N2O2S/c12-9-3-8(1-2-11(9)15(16)17)14-4-7-5-18-6-10(7)13/h1-3,5-6,14H,4H2. The Morgan fingerprint density at radius 3 is 2.61 bits per heavy atom. The molecule has 0 atom stereocenters. The van der Waals surface area contributed by atoms with Crippen LogP contribution in [0.15, 0.2) is 37.9 Å². The molecule has 1 heterocycles. The minimum atomic E-state index is -0.413. The van der Waals surface area contributed by atoms with Gasteiger partial charge in [0.2, 0.25) is 0 Å². The molecule has 0 saturated carbocycles. The summed E-state index contributed by atoms with van der Waals surface area (Å²) in [6, 6.07) is 4.89. The molecule has 0 aliphatic rings. The predicted molar refractivity (Wildman–Crippen MR) is 80.1 cm³/mol. The highest BCUT2D eigenvalue weighted by Crippen LogP contribution is 2.28. The number of thiophene rings is 1. The van der Waals surface area contributed by atoms with Gasteiger partial charge < -0.3 is 5.32 Å². The van der Waals surface area contributed by atoms with Crippen molar-refractivity contribution < 1.29 is 4.92 Å². The average Bonchev–Trinajstić information content (AvgIpc) is 2.72. The summed E-state index contributed by atoms with van der Waals surface area (Å²) in [4.78, 5) is 10.3. The van der Waals surface area contributed by atoms with Gasteiger partial charge in [0.1, 0.15) is 0 Å². The van der Waals surface area contributed by atoms with Crippen LogP contribution in [0.4, 0.5) is 11.4 Å². The van der Waals surface area contributed by atoms with E-state index >= 15 is 0 Å². The zero-order chi connectivity index (χ0) is 13.1. The van der Waals surface area contributed by atoms with E-state index in [1.807, 2.05) is 5.38 Å². The first-order valence-electron chi connectivity index (χ1n) is 4.96. The molecule has 1 N–H and O–H groups in total. The highest BCUT2D eigenvalue weighted by Gasteiger charge is 2.11. The summed E-state index contributed by atoms with van der Waals surface area (Å²) in [6.07, 6.45) is 0. The maximum Gasteiger partial charge on any atom is 0.283 e. The fraction of sp³-hybridized carbons (Fsp3) is 0.0909. The lowest BCUT2D eigenvalue weighted by molar-refractivity contribution is -0.385. The molecular weight excluding hydrogens is 384 g/mol. The zero-order valence-corrected chi connectivity index (χ0v) is 13.0. The number of nitro benzene ring substituents is 1. The third-order valence-corrected chi connectivity index (χ3v) is 4.78. The van der Waals surface area contributed by atoms with Gasteiger partial charge in [0.15, 0.2) is 0 Å². The first-order chi connectivity index (χ1) is 8.58. The van der Waals surface area contributed by atoms with E-state index < -0.39 is 4.92 Å². The molecule has 7 heteroatoms. The summed E-state index contributed by atoms with van der Waals surface area (Å²) < 4.78 is 1.54. The van der Waals surface area contributed by atoms with Crippen molar-refractivity contribution in [3.8, 4) is 0 Å². The first-order valence-corrected chi connectivity index (χ1v) is 7.49. The van der Waals surface area contributed by atoms with Gasteiger partial charge in [0.05, 0.1) is 9.40 Å². The van der Waals surface area contributed by atoms with Gasteiger partial charge in [-0.05, 0) is 54.9 Å². The number of anilines is 1. The molecule has 0 amide bonds. The molecule has 0 aliphatic carbocycles. The first kappa shape index (κ1) is 13.5. The van der Waals surface area contributed by atoms with Crippen LogP contribution in [-0.4, -0.2) is 4.92 Å². The van der Waals surface area contributed by atoms with Crippen LogP contribution >= 0.6 is 43.2 Å². The van der Waals surface area contributed by atoms with Gasteiger partial charge in [-0.25, -0.2) is 0 Å². The van der Waals surface area contributed by atoms with Gasteiger partial charge in [-0.1, -0.05) is 0 Å². The second-order valence-electron chi connectivity index (χ2n) is 3.52. The van der Waals surface area contributed by atoms with Crippen LogP contribution in [0.2, 0.25) is 0 Å². The third kappa shape index (κ3) is 3.09. The Bertz CT molecular complexity index is 586. The van der Waals surface area contributed by atoms with Crippen molar-refractivity contribution in [1.29, 1.82) is 0 Å². The number of nitrogens with one attached hydrogen (secondary N) is 1. The summed E-state index contributed by atoms with van der Waals surface area (Å²) in [5, 5.41) is 18.0. The molecule has 0 radical (unpaired) electrons. The predicted octanol–water partition coefficient (Wildman–Crippen LogP) is 4.79. The molecule has 0 bridgehead atoms. The van der Waals surface area contributed by atoms with Crippen molar-refractivity contribution in [1.82, 2.24) is 0 Å². The number of halogens is 2. The highest BCUT2D eigenvalue weighted by atomic mass is 79.9. The van der Waals surface area contributed by atoms with E-state index in [1.54, 1.807) is 23.5 Å². The topological polar surface area (TPSA) is 55.2 Å². The molecular formula is C11H8Br2N2O2S. The second kappa shape index (κ2) is 5.81. The number of hydrogen-bond donors (Lipinski definition) is 1. The van der Waals surface area contributed by atoms with Crippen LogP contribution < -0.4 is 5.32 Å². The van der Waals surface area contributed by atoms with Crippen molar-refractivity contribution in [3.05, 3.63) is 53.6 Å². The summed E-state index contributed by atoms with van der Waals surface area (Å²) in [5.74, 6) is 0. The molecule has 0 unspecified atom stereocenters. The molecule has 0 saturated heterocycles. The minimum absolute atomic E-state index is 0.0669. The number of nitro groups is 1. The second-order valence-corrected chi connectivity index (χ2v) is 5.97. The Morgan fingerprint density at radius 1 is 1.28 bits per heavy atom. The number of nitrogens with zero attached hydrogens (tertiary/aromatic N) is 1. The monoisotopic (exact) mass is 390 g/mol. The quantitative estimate of drug-likeness (QED) is 0.601. The Balaban J connectivity index is 2.09. The fourth-order valence-electron chi connectivity index (χ4n) is 1.40. The molecule has 1 aromatic carbocycles. The maximum absolute atomic E-state index is 10.7. The summed E-state index contributed by atoms with van der Waals surface area (Å²) in [7, 11) is 0. The van der Waals surface area contributed by atoms with Crippen molar-refractivity contribution in [3.63, 3.8) is 0 Å². The van der Waals surface area contributed by atoms with Crippen molar-refractivity contribution in [2.75, 3.05) is 5.32 Å². The van der Waals surface area contributed by atoms with E-state index in [4.69, 9.17) is 0 Å².